The summed E-state index contributed by atoms with van der Waals surface area (Å²) in [4.78, 5) is 44.4. The van der Waals surface area contributed by atoms with Crippen molar-refractivity contribution in [2.24, 2.45) is 5.73 Å². The van der Waals surface area contributed by atoms with Crippen molar-refractivity contribution >= 4 is 38.9 Å². The van der Waals surface area contributed by atoms with Gasteiger partial charge in [-0.25, -0.2) is 9.78 Å². The van der Waals surface area contributed by atoms with Gasteiger partial charge in [0, 0.05) is 55.1 Å². The first-order chi connectivity index (χ1) is 18.0. The van der Waals surface area contributed by atoms with Gasteiger partial charge in [0.25, 0.3) is 0 Å². The molecule has 6 aromatic rings. The van der Waals surface area contributed by atoms with Crippen LogP contribution in [0.4, 0.5) is 0 Å². The summed E-state index contributed by atoms with van der Waals surface area (Å²) in [5.74, 6) is -0.622. The quantitative estimate of drug-likeness (QED) is 0.368. The van der Waals surface area contributed by atoms with Crippen molar-refractivity contribution < 1.29 is 9.63 Å². The van der Waals surface area contributed by atoms with E-state index in [1.54, 1.807) is 24.5 Å². The molecule has 6 rings (SSSR count). The smallest absolute Gasteiger partial charge is 0.330 e. The molecule has 0 radical (unpaired) electrons. The normalized spacial score (nSPS) is 11.4. The third-order valence-electron chi connectivity index (χ3n) is 6.28. The molecule has 0 fully saturated rings. The largest absolute Gasteiger partial charge is 0.342 e. The number of para-hydroxylation sites is 1. The maximum absolute atomic E-state index is 13.7. The Morgan fingerprint density at radius 2 is 1.62 bits per heavy atom. The van der Waals surface area contributed by atoms with Crippen molar-refractivity contribution in [3.05, 3.63) is 101 Å². The van der Waals surface area contributed by atoms with Gasteiger partial charge in [-0.05, 0) is 29.3 Å². The molecule has 3 heterocycles. The van der Waals surface area contributed by atoms with Crippen molar-refractivity contribution in [1.29, 1.82) is 0 Å². The zero-order valence-corrected chi connectivity index (χ0v) is 20.0. The summed E-state index contributed by atoms with van der Waals surface area (Å²) in [6, 6.07) is 19.3. The molecule has 3 aromatic heterocycles. The van der Waals surface area contributed by atoms with Gasteiger partial charge >= 0.3 is 11.5 Å². The fourth-order valence-corrected chi connectivity index (χ4v) is 4.55. The first kappa shape index (κ1) is 22.6. The predicted molar refractivity (Wildman–Crippen MR) is 141 cm³/mol. The third kappa shape index (κ3) is 4.01. The number of hydrogen-bond acceptors (Lipinski definition) is 7. The number of nitrogens with two attached hydrogens (primary N) is 1. The molecule has 0 atom stereocenters. The highest BCUT2D eigenvalue weighted by Gasteiger charge is 2.20. The van der Waals surface area contributed by atoms with E-state index in [1.807, 2.05) is 54.7 Å². The second-order valence-corrected chi connectivity index (χ2v) is 8.74. The molecular weight excluding hydrogens is 468 g/mol. The fourth-order valence-electron chi connectivity index (χ4n) is 4.55. The van der Waals surface area contributed by atoms with Gasteiger partial charge in [0.2, 0.25) is 0 Å². The highest BCUT2D eigenvalue weighted by atomic mass is 16.7. The van der Waals surface area contributed by atoms with Gasteiger partial charge < -0.3 is 15.1 Å². The van der Waals surface area contributed by atoms with Crippen LogP contribution >= 0.6 is 0 Å². The lowest BCUT2D eigenvalue weighted by molar-refractivity contribution is -0.141. The minimum Gasteiger partial charge on any atom is -0.342 e. The van der Waals surface area contributed by atoms with Crippen LogP contribution in [-0.2, 0) is 17.9 Å². The molecule has 2 N–H and O–H groups in total. The lowest BCUT2D eigenvalue weighted by Gasteiger charge is -2.11. The molecule has 3 aromatic carbocycles. The lowest BCUT2D eigenvalue weighted by atomic mass is 10.1. The van der Waals surface area contributed by atoms with Crippen molar-refractivity contribution in [3.8, 4) is 11.3 Å². The second kappa shape index (κ2) is 8.96. The summed E-state index contributed by atoms with van der Waals surface area (Å²) in [6.07, 6.45) is 5.06. The van der Waals surface area contributed by atoms with Gasteiger partial charge in [0.1, 0.15) is 11.2 Å². The standard InChI is InChI=1S/C28H22N6O3/c1-17(35)37-34-26-13-23-22(30-10-11-31-23)12-24(26)32-27(28(34)36)21-16-33(25-5-3-2-4-20(21)25)15-19-8-6-18(14-29)7-9-19/h2-13,16H,14-15,29H2,1H3. The van der Waals surface area contributed by atoms with Crippen molar-refractivity contribution in [3.63, 3.8) is 0 Å². The molecule has 0 spiro atoms. The number of carbonyl (C=O) groups is 1. The number of benzene rings is 3. The van der Waals surface area contributed by atoms with Gasteiger partial charge in [0.05, 0.1) is 16.6 Å². The van der Waals surface area contributed by atoms with Crippen molar-refractivity contribution in [2.45, 2.75) is 20.0 Å². The monoisotopic (exact) mass is 490 g/mol. The van der Waals surface area contributed by atoms with Crippen LogP contribution in [0.1, 0.15) is 18.1 Å². The molecular formula is C28H22N6O3. The number of nitrogens with zero attached hydrogens (tertiary/aromatic N) is 5. The number of hydrogen-bond donors (Lipinski definition) is 1. The SMILES string of the molecule is CC(=O)On1c(=O)c(-c2cn(Cc3ccc(CN)cc3)c3ccccc23)nc2cc3nccnc3cc21. The highest BCUT2D eigenvalue weighted by molar-refractivity contribution is 5.97. The van der Waals surface area contributed by atoms with E-state index in [1.165, 1.54) is 6.92 Å². The first-order valence-corrected chi connectivity index (χ1v) is 11.7. The van der Waals surface area contributed by atoms with Crippen LogP contribution in [0, 0.1) is 0 Å². The van der Waals surface area contributed by atoms with Gasteiger partial charge in [-0.2, -0.15) is 0 Å². The Bertz CT molecular complexity index is 1870. The van der Waals surface area contributed by atoms with E-state index in [9.17, 15) is 9.59 Å². The Balaban J connectivity index is 1.58. The van der Waals surface area contributed by atoms with Gasteiger partial charge in [-0.3, -0.25) is 14.8 Å². The molecule has 0 bridgehead atoms. The predicted octanol–water partition coefficient (Wildman–Crippen LogP) is 3.44. The number of rotatable bonds is 5. The van der Waals surface area contributed by atoms with Crippen molar-refractivity contribution in [2.75, 3.05) is 0 Å². The van der Waals surface area contributed by atoms with E-state index in [0.29, 0.717) is 40.7 Å². The van der Waals surface area contributed by atoms with Gasteiger partial charge in [-0.1, -0.05) is 42.5 Å². The average Bonchev–Trinajstić information content (AvgIpc) is 3.27. The van der Waals surface area contributed by atoms with Gasteiger partial charge in [-0.15, -0.1) is 4.73 Å². The number of fused-ring (bicyclic) bond motifs is 3. The van der Waals surface area contributed by atoms with Crippen LogP contribution in [0.3, 0.4) is 0 Å². The van der Waals surface area contributed by atoms with E-state index >= 15 is 0 Å². The Hall–Kier alpha value is -4.89. The molecule has 182 valence electrons. The average molecular weight is 491 g/mol. The van der Waals surface area contributed by atoms with Crippen LogP contribution < -0.4 is 16.1 Å². The van der Waals surface area contributed by atoms with Crippen LogP contribution in [0.2, 0.25) is 0 Å². The summed E-state index contributed by atoms with van der Waals surface area (Å²) in [5.41, 5.74) is 11.1. The molecule has 0 aliphatic heterocycles. The van der Waals surface area contributed by atoms with Crippen LogP contribution in [0.25, 0.3) is 44.2 Å². The summed E-state index contributed by atoms with van der Waals surface area (Å²) in [5, 5.41) is 0.861. The van der Waals surface area contributed by atoms with E-state index in [-0.39, 0.29) is 5.69 Å². The molecule has 0 aliphatic rings. The molecule has 9 nitrogen and oxygen atoms in total. The summed E-state index contributed by atoms with van der Waals surface area (Å²) in [7, 11) is 0. The molecule has 0 amide bonds. The Labute approximate surface area is 210 Å². The van der Waals surface area contributed by atoms with Crippen LogP contribution in [-0.4, -0.2) is 30.2 Å². The Morgan fingerprint density at radius 1 is 0.919 bits per heavy atom. The van der Waals surface area contributed by atoms with E-state index in [2.05, 4.69) is 14.5 Å². The molecule has 0 unspecified atom stereocenters. The van der Waals surface area contributed by atoms with E-state index in [4.69, 9.17) is 15.6 Å². The maximum atomic E-state index is 13.7. The topological polar surface area (TPSA) is 118 Å². The number of aromatic nitrogens is 5. The van der Waals surface area contributed by atoms with E-state index in [0.717, 1.165) is 26.8 Å². The third-order valence-corrected chi connectivity index (χ3v) is 6.28. The van der Waals surface area contributed by atoms with Gasteiger partial charge in [0.15, 0.2) is 0 Å². The van der Waals surface area contributed by atoms with Crippen LogP contribution in [0.15, 0.2) is 84.0 Å². The fraction of sp³-hybridized carbons (Fsp3) is 0.107. The maximum Gasteiger partial charge on any atom is 0.330 e. The first-order valence-electron chi connectivity index (χ1n) is 11.7. The second-order valence-electron chi connectivity index (χ2n) is 8.74. The molecule has 0 saturated carbocycles. The minimum atomic E-state index is -0.622. The van der Waals surface area contributed by atoms with E-state index < -0.39 is 11.5 Å². The lowest BCUT2D eigenvalue weighted by Crippen LogP contribution is -2.31. The summed E-state index contributed by atoms with van der Waals surface area (Å²) >= 11 is 0. The summed E-state index contributed by atoms with van der Waals surface area (Å²) < 4.78 is 3.07. The number of carbonyl (C=O) groups excluding carboxylic acids is 1. The highest BCUT2D eigenvalue weighted by Crippen LogP contribution is 2.30. The molecule has 0 saturated heterocycles. The summed E-state index contributed by atoms with van der Waals surface area (Å²) in [6.45, 7) is 2.33. The molecule has 9 heteroatoms. The van der Waals surface area contributed by atoms with Crippen LogP contribution in [0.5, 0.6) is 0 Å². The Kier molecular flexibility index (Phi) is 5.46. The zero-order chi connectivity index (χ0) is 25.5. The molecule has 37 heavy (non-hydrogen) atoms. The van der Waals surface area contributed by atoms with Crippen molar-refractivity contribution in [1.82, 2.24) is 24.2 Å². The molecule has 0 aliphatic carbocycles. The Morgan fingerprint density at radius 3 is 2.35 bits per heavy atom. The zero-order valence-electron chi connectivity index (χ0n) is 20.0. The minimum absolute atomic E-state index is 0.172.